The van der Waals surface area contributed by atoms with Crippen molar-refractivity contribution < 1.29 is 24.2 Å². The number of carbonyl (C=O) groups excluding carboxylic acids is 2. The van der Waals surface area contributed by atoms with Crippen LogP contribution in [-0.2, 0) is 9.53 Å². The van der Waals surface area contributed by atoms with Crippen molar-refractivity contribution in [2.45, 2.75) is 33.7 Å². The quantitative estimate of drug-likeness (QED) is 0.762. The zero-order valence-corrected chi connectivity index (χ0v) is 15.1. The number of nitrogens with zero attached hydrogens (tertiary/aromatic N) is 2. The van der Waals surface area contributed by atoms with Gasteiger partial charge in [-0.15, -0.1) is 11.3 Å². The number of aromatic carboxylic acids is 1. The Hall–Kier alpha value is -2.68. The van der Waals surface area contributed by atoms with E-state index in [-0.39, 0.29) is 12.3 Å². The molecule has 0 aromatic carbocycles. The second-order valence-corrected chi connectivity index (χ2v) is 6.56. The third-order valence-electron chi connectivity index (χ3n) is 3.74. The van der Waals surface area contributed by atoms with E-state index in [0.29, 0.717) is 10.6 Å². The zero-order chi connectivity index (χ0) is 18.7. The van der Waals surface area contributed by atoms with Crippen molar-refractivity contribution in [2.24, 2.45) is 0 Å². The lowest BCUT2D eigenvalue weighted by Crippen LogP contribution is -2.27. The lowest BCUT2D eigenvalue weighted by atomic mass is 10.1. The van der Waals surface area contributed by atoms with Crippen LogP contribution >= 0.6 is 11.3 Å². The summed E-state index contributed by atoms with van der Waals surface area (Å²) in [5.74, 6) is -2.15. The van der Waals surface area contributed by atoms with Crippen molar-refractivity contribution in [3.8, 4) is 0 Å². The standard InChI is InChI=1S/C16H19N3O5S/c1-5-24-16(23)12-8(2)10(4)25-14(12)18-13(20)9(3)19-11(15(21)22)6-7-17-19/h6-7,9H,5H2,1-4H3,(H,18,20)(H,21,22). The van der Waals surface area contributed by atoms with Crippen molar-refractivity contribution in [1.82, 2.24) is 9.78 Å². The first-order valence-corrected chi connectivity index (χ1v) is 8.44. The molecule has 2 N–H and O–H groups in total. The van der Waals surface area contributed by atoms with E-state index in [1.807, 2.05) is 6.92 Å². The molecule has 8 nitrogen and oxygen atoms in total. The highest BCUT2D eigenvalue weighted by Gasteiger charge is 2.26. The number of thiophene rings is 1. The summed E-state index contributed by atoms with van der Waals surface area (Å²) in [5.41, 5.74) is 0.979. The van der Waals surface area contributed by atoms with Crippen LogP contribution in [-0.4, -0.2) is 39.3 Å². The van der Waals surface area contributed by atoms with Gasteiger partial charge in [0.15, 0.2) is 0 Å². The molecule has 0 aliphatic rings. The number of amides is 1. The highest BCUT2D eigenvalue weighted by Crippen LogP contribution is 2.33. The molecule has 0 fully saturated rings. The van der Waals surface area contributed by atoms with Crippen molar-refractivity contribution in [3.63, 3.8) is 0 Å². The summed E-state index contributed by atoms with van der Waals surface area (Å²) >= 11 is 1.27. The Morgan fingerprint density at radius 1 is 1.40 bits per heavy atom. The van der Waals surface area contributed by atoms with Gasteiger partial charge < -0.3 is 15.2 Å². The number of hydrogen-bond donors (Lipinski definition) is 2. The molecule has 9 heteroatoms. The second kappa shape index (κ2) is 7.47. The van der Waals surface area contributed by atoms with Crippen molar-refractivity contribution in [1.29, 1.82) is 0 Å². The molecule has 0 radical (unpaired) electrons. The maximum Gasteiger partial charge on any atom is 0.354 e. The largest absolute Gasteiger partial charge is 0.477 e. The molecular formula is C16H19N3O5S. The predicted octanol–water partition coefficient (Wildman–Crippen LogP) is 2.64. The zero-order valence-electron chi connectivity index (χ0n) is 14.3. The van der Waals surface area contributed by atoms with Gasteiger partial charge in [-0.25, -0.2) is 14.3 Å². The fourth-order valence-electron chi connectivity index (χ4n) is 2.28. The van der Waals surface area contributed by atoms with Crippen LogP contribution in [0.5, 0.6) is 0 Å². The Balaban J connectivity index is 2.29. The number of rotatable bonds is 6. The maximum atomic E-state index is 12.5. The normalized spacial score (nSPS) is 11.8. The number of hydrogen-bond acceptors (Lipinski definition) is 6. The first kappa shape index (κ1) is 18.7. The topological polar surface area (TPSA) is 111 Å². The molecular weight excluding hydrogens is 346 g/mol. The third kappa shape index (κ3) is 3.71. The van der Waals surface area contributed by atoms with Gasteiger partial charge in [0, 0.05) is 11.1 Å². The third-order valence-corrected chi connectivity index (χ3v) is 4.86. The predicted molar refractivity (Wildman–Crippen MR) is 92.3 cm³/mol. The first-order valence-electron chi connectivity index (χ1n) is 7.62. The number of carboxylic acid groups (broad SMARTS) is 1. The van der Waals surface area contributed by atoms with Crippen LogP contribution in [0.25, 0.3) is 0 Å². The number of aromatic nitrogens is 2. The van der Waals surface area contributed by atoms with Gasteiger partial charge in [0.05, 0.1) is 12.2 Å². The second-order valence-electron chi connectivity index (χ2n) is 5.34. The summed E-state index contributed by atoms with van der Waals surface area (Å²) in [6, 6.07) is 0.453. The molecule has 0 saturated carbocycles. The van der Waals surface area contributed by atoms with Crippen LogP contribution in [0.2, 0.25) is 0 Å². The van der Waals surface area contributed by atoms with Crippen LogP contribution in [0, 0.1) is 13.8 Å². The molecule has 25 heavy (non-hydrogen) atoms. The minimum atomic E-state index is -1.17. The molecule has 2 aromatic heterocycles. The number of carboxylic acids is 1. The molecule has 2 heterocycles. The minimum Gasteiger partial charge on any atom is -0.477 e. The Labute approximate surface area is 148 Å². The molecule has 2 aromatic rings. The lowest BCUT2D eigenvalue weighted by molar-refractivity contribution is -0.119. The molecule has 0 spiro atoms. The highest BCUT2D eigenvalue weighted by atomic mass is 32.1. The van der Waals surface area contributed by atoms with E-state index in [9.17, 15) is 14.4 Å². The molecule has 1 atom stereocenters. The van der Waals surface area contributed by atoms with E-state index in [1.165, 1.54) is 30.5 Å². The Morgan fingerprint density at radius 3 is 2.68 bits per heavy atom. The summed E-state index contributed by atoms with van der Waals surface area (Å²) in [5, 5.41) is 16.1. The monoisotopic (exact) mass is 365 g/mol. The Morgan fingerprint density at radius 2 is 2.08 bits per heavy atom. The molecule has 2 rings (SSSR count). The van der Waals surface area contributed by atoms with Crippen LogP contribution < -0.4 is 5.32 Å². The van der Waals surface area contributed by atoms with Gasteiger partial charge in [-0.2, -0.15) is 5.10 Å². The summed E-state index contributed by atoms with van der Waals surface area (Å²) in [6.45, 7) is 7.10. The van der Waals surface area contributed by atoms with Crippen LogP contribution in [0.3, 0.4) is 0 Å². The number of esters is 1. The number of nitrogens with one attached hydrogen (secondary N) is 1. The number of aryl methyl sites for hydroxylation is 1. The highest BCUT2D eigenvalue weighted by molar-refractivity contribution is 7.16. The van der Waals surface area contributed by atoms with Crippen LogP contribution in [0.15, 0.2) is 12.3 Å². The average Bonchev–Trinajstić information content (AvgIpc) is 3.13. The van der Waals surface area contributed by atoms with Crippen LogP contribution in [0.1, 0.15) is 51.2 Å². The maximum absolute atomic E-state index is 12.5. The van der Waals surface area contributed by atoms with E-state index >= 15 is 0 Å². The van der Waals surface area contributed by atoms with Crippen molar-refractivity contribution >= 4 is 34.2 Å². The van der Waals surface area contributed by atoms with Gasteiger partial charge >= 0.3 is 11.9 Å². The molecule has 1 amide bonds. The van der Waals surface area contributed by atoms with Gasteiger partial charge in [0.2, 0.25) is 5.91 Å². The molecule has 0 aliphatic heterocycles. The lowest BCUT2D eigenvalue weighted by Gasteiger charge is -2.14. The SMILES string of the molecule is CCOC(=O)c1c(NC(=O)C(C)n2nccc2C(=O)O)sc(C)c1C. The van der Waals surface area contributed by atoms with Gasteiger partial charge in [-0.1, -0.05) is 0 Å². The Bertz CT molecular complexity index is 824. The Kier molecular flexibility index (Phi) is 5.58. The smallest absolute Gasteiger partial charge is 0.354 e. The van der Waals surface area contributed by atoms with Gasteiger partial charge in [0.1, 0.15) is 16.7 Å². The summed E-state index contributed by atoms with van der Waals surface area (Å²) in [7, 11) is 0. The van der Waals surface area contributed by atoms with E-state index in [4.69, 9.17) is 9.84 Å². The average molecular weight is 365 g/mol. The molecule has 1 unspecified atom stereocenters. The van der Waals surface area contributed by atoms with E-state index in [0.717, 1.165) is 15.1 Å². The van der Waals surface area contributed by atoms with Gasteiger partial charge in [-0.3, -0.25) is 4.79 Å². The molecule has 0 bridgehead atoms. The summed E-state index contributed by atoms with van der Waals surface area (Å²) in [4.78, 5) is 36.8. The van der Waals surface area contributed by atoms with E-state index in [1.54, 1.807) is 13.8 Å². The number of carbonyl (C=O) groups is 3. The van der Waals surface area contributed by atoms with Crippen molar-refractivity contribution in [3.05, 3.63) is 34.0 Å². The van der Waals surface area contributed by atoms with Gasteiger partial charge in [-0.05, 0) is 39.3 Å². The first-order chi connectivity index (χ1) is 11.8. The van der Waals surface area contributed by atoms with E-state index < -0.39 is 23.9 Å². The molecule has 0 aliphatic carbocycles. The number of ether oxygens (including phenoxy) is 1. The fraction of sp³-hybridized carbons (Fsp3) is 0.375. The van der Waals surface area contributed by atoms with E-state index in [2.05, 4.69) is 10.4 Å². The number of anilines is 1. The minimum absolute atomic E-state index is 0.0909. The molecule has 0 saturated heterocycles. The fourth-order valence-corrected chi connectivity index (χ4v) is 3.34. The van der Waals surface area contributed by atoms with Crippen molar-refractivity contribution in [2.75, 3.05) is 11.9 Å². The van der Waals surface area contributed by atoms with Gasteiger partial charge in [0.25, 0.3) is 0 Å². The summed E-state index contributed by atoms with van der Waals surface area (Å²) < 4.78 is 6.17. The van der Waals surface area contributed by atoms with Crippen LogP contribution in [0.4, 0.5) is 5.00 Å². The molecule has 134 valence electrons. The summed E-state index contributed by atoms with van der Waals surface area (Å²) in [6.07, 6.45) is 1.32.